The molecule has 3 nitrogen and oxygen atoms in total. The number of halogens is 1. The Hall–Kier alpha value is -1.30. The summed E-state index contributed by atoms with van der Waals surface area (Å²) in [5.41, 5.74) is 4.09. The fourth-order valence-electron chi connectivity index (χ4n) is 5.86. The summed E-state index contributed by atoms with van der Waals surface area (Å²) in [6.07, 6.45) is 14.1. The van der Waals surface area contributed by atoms with E-state index in [-0.39, 0.29) is 16.8 Å². The third-order valence-corrected chi connectivity index (χ3v) is 8.62. The van der Waals surface area contributed by atoms with Crippen molar-refractivity contribution in [2.45, 2.75) is 81.6 Å². The second-order valence-electron chi connectivity index (χ2n) is 9.48. The molecule has 5 rings (SSSR count). The lowest BCUT2D eigenvalue weighted by atomic mass is 9.67. The van der Waals surface area contributed by atoms with Gasteiger partial charge in [0.15, 0.2) is 0 Å². The maximum Gasteiger partial charge on any atom is 0.141 e. The van der Waals surface area contributed by atoms with Crippen LogP contribution in [0.2, 0.25) is 0 Å². The number of aryl methyl sites for hydroxylation is 2. The summed E-state index contributed by atoms with van der Waals surface area (Å²) < 4.78 is 25.5. The fraction of sp³-hybridized carbons (Fsp3) is 0.640. The van der Waals surface area contributed by atoms with Crippen LogP contribution >= 0.6 is 11.3 Å². The predicted octanol–water partition coefficient (Wildman–Crippen LogP) is 5.78. The summed E-state index contributed by atoms with van der Waals surface area (Å²) >= 11 is 1.97. The van der Waals surface area contributed by atoms with Gasteiger partial charge in [-0.1, -0.05) is 6.42 Å². The maximum absolute atomic E-state index is 13.6. The summed E-state index contributed by atoms with van der Waals surface area (Å²) in [5, 5.41) is 2.40. The molecule has 2 aromatic heterocycles. The number of unbranched alkanes of at least 4 members (excludes halogenated alkanes) is 1. The number of nitrogens with zero attached hydrogens (tertiary/aromatic N) is 1. The molecule has 3 aliphatic rings. The summed E-state index contributed by atoms with van der Waals surface area (Å²) in [5.74, 6) is -0.262. The summed E-state index contributed by atoms with van der Waals surface area (Å²) in [6, 6.07) is 3.47. The molecule has 2 unspecified atom stereocenters. The monoisotopic (exact) mass is 429 g/mol. The molecule has 4 heterocycles. The molecule has 0 bridgehead atoms. The lowest BCUT2D eigenvalue weighted by Crippen LogP contribution is -2.48. The molecule has 2 saturated heterocycles. The maximum atomic E-state index is 13.6. The van der Waals surface area contributed by atoms with Gasteiger partial charge in [-0.3, -0.25) is 4.98 Å². The van der Waals surface area contributed by atoms with Gasteiger partial charge in [0.1, 0.15) is 5.82 Å². The van der Waals surface area contributed by atoms with E-state index in [1.165, 1.54) is 51.1 Å². The molecular formula is C25H32FNO2S. The van der Waals surface area contributed by atoms with Crippen LogP contribution in [0.5, 0.6) is 0 Å². The Labute approximate surface area is 183 Å². The van der Waals surface area contributed by atoms with Gasteiger partial charge in [-0.2, -0.15) is 0 Å². The van der Waals surface area contributed by atoms with Crippen molar-refractivity contribution in [3.63, 3.8) is 0 Å². The number of ether oxygens (including phenoxy) is 2. The van der Waals surface area contributed by atoms with Crippen molar-refractivity contribution in [3.8, 4) is 0 Å². The lowest BCUT2D eigenvalue weighted by Gasteiger charge is -2.45. The Morgan fingerprint density at radius 2 is 2.03 bits per heavy atom. The number of fused-ring (bicyclic) bond motifs is 1. The van der Waals surface area contributed by atoms with E-state index in [1.807, 2.05) is 17.4 Å². The first-order chi connectivity index (χ1) is 14.7. The van der Waals surface area contributed by atoms with E-state index in [1.54, 1.807) is 22.1 Å². The van der Waals surface area contributed by atoms with E-state index in [4.69, 9.17) is 9.47 Å². The van der Waals surface area contributed by atoms with E-state index in [2.05, 4.69) is 10.4 Å². The van der Waals surface area contributed by atoms with Gasteiger partial charge in [-0.15, -0.1) is 11.3 Å². The Balaban J connectivity index is 1.29. The van der Waals surface area contributed by atoms with Crippen molar-refractivity contribution in [2.75, 3.05) is 19.8 Å². The Morgan fingerprint density at radius 3 is 2.87 bits per heavy atom. The Bertz CT molecular complexity index is 859. The number of rotatable bonds is 6. The van der Waals surface area contributed by atoms with Crippen LogP contribution in [0.1, 0.15) is 73.1 Å². The quantitative estimate of drug-likeness (QED) is 0.545. The zero-order valence-electron chi connectivity index (χ0n) is 17.8. The minimum atomic E-state index is -0.262. The van der Waals surface area contributed by atoms with Gasteiger partial charge in [0.2, 0.25) is 0 Å². The van der Waals surface area contributed by atoms with Gasteiger partial charge in [0.05, 0.1) is 18.4 Å². The normalized spacial score (nSPS) is 28.7. The topological polar surface area (TPSA) is 31.4 Å². The number of hydrogen-bond acceptors (Lipinski definition) is 4. The highest BCUT2D eigenvalue weighted by Gasteiger charge is 2.49. The van der Waals surface area contributed by atoms with Crippen molar-refractivity contribution in [3.05, 3.63) is 51.2 Å². The van der Waals surface area contributed by atoms with E-state index < -0.39 is 0 Å². The molecule has 2 fully saturated rings. The van der Waals surface area contributed by atoms with Gasteiger partial charge in [0, 0.05) is 35.6 Å². The van der Waals surface area contributed by atoms with Gasteiger partial charge >= 0.3 is 0 Å². The van der Waals surface area contributed by atoms with Crippen LogP contribution in [0.15, 0.2) is 23.7 Å². The van der Waals surface area contributed by atoms with Crippen LogP contribution in [0.25, 0.3) is 0 Å². The fourth-order valence-corrected chi connectivity index (χ4v) is 7.04. The first-order valence-electron chi connectivity index (χ1n) is 11.6. The van der Waals surface area contributed by atoms with Gasteiger partial charge in [0.25, 0.3) is 0 Å². The predicted molar refractivity (Wildman–Crippen MR) is 118 cm³/mol. The van der Waals surface area contributed by atoms with Gasteiger partial charge < -0.3 is 9.47 Å². The average molecular weight is 430 g/mol. The smallest absolute Gasteiger partial charge is 0.141 e. The minimum absolute atomic E-state index is 0.0332. The average Bonchev–Trinajstić information content (AvgIpc) is 3.39. The number of pyridine rings is 1. The highest BCUT2D eigenvalue weighted by atomic mass is 32.1. The molecular weight excluding hydrogens is 397 g/mol. The highest BCUT2D eigenvalue weighted by Crippen LogP contribution is 2.47. The van der Waals surface area contributed by atoms with Crippen LogP contribution in [-0.2, 0) is 34.2 Å². The van der Waals surface area contributed by atoms with Crippen molar-refractivity contribution in [1.29, 1.82) is 0 Å². The van der Waals surface area contributed by atoms with E-state index in [0.717, 1.165) is 44.6 Å². The molecule has 1 aliphatic carbocycles. The lowest BCUT2D eigenvalue weighted by molar-refractivity contribution is -0.109. The third-order valence-electron chi connectivity index (χ3n) is 7.49. The van der Waals surface area contributed by atoms with Crippen LogP contribution in [0, 0.1) is 5.82 Å². The molecule has 0 aromatic carbocycles. The summed E-state index contributed by atoms with van der Waals surface area (Å²) in [6.45, 7) is 2.19. The van der Waals surface area contributed by atoms with Crippen molar-refractivity contribution >= 4 is 11.3 Å². The molecule has 2 aliphatic heterocycles. The van der Waals surface area contributed by atoms with Crippen LogP contribution in [0.4, 0.5) is 4.39 Å². The molecule has 1 spiro atoms. The van der Waals surface area contributed by atoms with Gasteiger partial charge in [-0.05, 0) is 86.4 Å². The highest BCUT2D eigenvalue weighted by molar-refractivity contribution is 7.10. The Morgan fingerprint density at radius 1 is 1.10 bits per heavy atom. The zero-order valence-corrected chi connectivity index (χ0v) is 18.6. The van der Waals surface area contributed by atoms with E-state index >= 15 is 0 Å². The molecule has 162 valence electrons. The first-order valence-corrected chi connectivity index (χ1v) is 12.5. The van der Waals surface area contributed by atoms with E-state index in [9.17, 15) is 4.39 Å². The SMILES string of the molecule is Fc1ccc(C2(CCCCc3scc4c3CCCC4)CCOC3(CCOC3)C2)nc1. The Kier molecular flexibility index (Phi) is 5.96. The summed E-state index contributed by atoms with van der Waals surface area (Å²) in [7, 11) is 0. The standard InChI is InChI=1S/C25H32FNO2S/c26-20-8-9-23(27-15-20)24(11-14-29-25(17-24)12-13-28-18-25)10-4-3-7-22-21-6-2-1-5-19(21)16-30-22/h8-9,15-16H,1-7,10-14,17-18H2. The number of hydrogen-bond donors (Lipinski definition) is 0. The molecule has 0 radical (unpaired) electrons. The number of thiophene rings is 1. The van der Waals surface area contributed by atoms with Crippen molar-refractivity contribution in [1.82, 2.24) is 4.98 Å². The molecule has 5 heteroatoms. The minimum Gasteiger partial charge on any atom is -0.378 e. The van der Waals surface area contributed by atoms with Crippen molar-refractivity contribution in [2.24, 2.45) is 0 Å². The van der Waals surface area contributed by atoms with E-state index in [0.29, 0.717) is 6.61 Å². The third kappa shape index (κ3) is 4.09. The van der Waals surface area contributed by atoms with Crippen LogP contribution in [-0.4, -0.2) is 30.4 Å². The molecule has 2 aromatic rings. The number of aromatic nitrogens is 1. The second-order valence-corrected chi connectivity index (χ2v) is 10.4. The first kappa shape index (κ1) is 20.6. The van der Waals surface area contributed by atoms with Crippen LogP contribution in [0.3, 0.4) is 0 Å². The van der Waals surface area contributed by atoms with Gasteiger partial charge in [-0.25, -0.2) is 4.39 Å². The van der Waals surface area contributed by atoms with Crippen LogP contribution < -0.4 is 0 Å². The second kappa shape index (κ2) is 8.68. The molecule has 0 amide bonds. The summed E-state index contributed by atoms with van der Waals surface area (Å²) in [4.78, 5) is 6.16. The molecule has 0 N–H and O–H groups in total. The molecule has 30 heavy (non-hydrogen) atoms. The largest absolute Gasteiger partial charge is 0.378 e. The molecule has 0 saturated carbocycles. The molecule has 2 atom stereocenters. The van der Waals surface area contributed by atoms with Crippen molar-refractivity contribution < 1.29 is 13.9 Å². The zero-order chi connectivity index (χ0) is 20.4.